The van der Waals surface area contributed by atoms with Gasteiger partial charge in [0, 0.05) is 25.3 Å². The average molecular weight is 359 g/mol. The number of amides is 1. The monoisotopic (exact) mass is 359 g/mol. The van der Waals surface area contributed by atoms with Crippen LogP contribution in [0.5, 0.6) is 11.5 Å². The van der Waals surface area contributed by atoms with E-state index in [0.29, 0.717) is 6.42 Å². The van der Waals surface area contributed by atoms with E-state index in [4.69, 9.17) is 14.6 Å². The number of alkyl halides is 2. The van der Waals surface area contributed by atoms with Crippen LogP contribution in [-0.4, -0.2) is 61.4 Å². The Morgan fingerprint density at radius 1 is 1.32 bits per heavy atom. The molecule has 1 fully saturated rings. The van der Waals surface area contributed by atoms with Gasteiger partial charge in [-0.25, -0.2) is 0 Å². The molecular weight excluding hydrogens is 340 g/mol. The molecular formula is C16H19F2NO6. The Morgan fingerprint density at radius 3 is 2.60 bits per heavy atom. The molecule has 1 aromatic carbocycles. The van der Waals surface area contributed by atoms with Gasteiger partial charge in [-0.1, -0.05) is 0 Å². The van der Waals surface area contributed by atoms with Crippen LogP contribution >= 0.6 is 0 Å². The number of aliphatic carboxylic acids is 1. The Labute approximate surface area is 143 Å². The summed E-state index contributed by atoms with van der Waals surface area (Å²) in [5.41, 5.74) is 0.186. The molecule has 1 amide bonds. The molecule has 0 spiro atoms. The minimum Gasteiger partial charge on any atom is -0.493 e. The Balaban J connectivity index is 2.24. The van der Waals surface area contributed by atoms with E-state index in [1.807, 2.05) is 0 Å². The molecule has 1 aliphatic heterocycles. The van der Waals surface area contributed by atoms with Gasteiger partial charge in [-0.3, -0.25) is 9.59 Å². The summed E-state index contributed by atoms with van der Waals surface area (Å²) in [5, 5.41) is 9.02. The highest BCUT2D eigenvalue weighted by molar-refractivity contribution is 5.95. The minimum atomic E-state index is -3.02. The summed E-state index contributed by atoms with van der Waals surface area (Å²) in [5.74, 6) is -1.64. The standard InChI is InChI=1S/C16H19F2NO6/c1-23-11-6-10(7-14(20)21)19(8-11)15(22)9-3-4-12(25-16(17)18)13(5-9)24-2/h3-5,10-11,16H,6-8H2,1-2H3,(H,20,21). The lowest BCUT2D eigenvalue weighted by atomic mass is 10.1. The fourth-order valence-electron chi connectivity index (χ4n) is 2.85. The smallest absolute Gasteiger partial charge is 0.387 e. The number of rotatable bonds is 7. The number of likely N-dealkylation sites (tertiary alicyclic amines) is 1. The molecule has 1 saturated heterocycles. The van der Waals surface area contributed by atoms with E-state index in [9.17, 15) is 18.4 Å². The van der Waals surface area contributed by atoms with Crippen molar-refractivity contribution < 1.29 is 37.7 Å². The first-order valence-corrected chi connectivity index (χ1v) is 7.54. The lowest BCUT2D eigenvalue weighted by Gasteiger charge is -2.23. The highest BCUT2D eigenvalue weighted by atomic mass is 19.3. The zero-order chi connectivity index (χ0) is 18.6. The second-order valence-corrected chi connectivity index (χ2v) is 5.55. The molecule has 2 unspecified atom stereocenters. The molecule has 1 N–H and O–H groups in total. The Hall–Kier alpha value is -2.42. The van der Waals surface area contributed by atoms with Crippen LogP contribution in [0.25, 0.3) is 0 Å². The number of carboxylic acid groups (broad SMARTS) is 1. The summed E-state index contributed by atoms with van der Waals surface area (Å²) in [6.07, 6.45) is -0.0373. The van der Waals surface area contributed by atoms with Crippen molar-refractivity contribution in [2.75, 3.05) is 20.8 Å². The van der Waals surface area contributed by atoms with Crippen LogP contribution in [-0.2, 0) is 9.53 Å². The quantitative estimate of drug-likeness (QED) is 0.802. The topological polar surface area (TPSA) is 85.3 Å². The van der Waals surface area contributed by atoms with Crippen LogP contribution in [0.1, 0.15) is 23.2 Å². The van der Waals surface area contributed by atoms with Gasteiger partial charge >= 0.3 is 12.6 Å². The van der Waals surface area contributed by atoms with E-state index in [2.05, 4.69) is 4.74 Å². The summed E-state index contributed by atoms with van der Waals surface area (Å²) < 4.78 is 39.3. The van der Waals surface area contributed by atoms with Crippen molar-refractivity contribution in [2.24, 2.45) is 0 Å². The summed E-state index contributed by atoms with van der Waals surface area (Å²) in [4.78, 5) is 25.2. The number of halogens is 2. The maximum absolute atomic E-state index is 12.7. The van der Waals surface area contributed by atoms with Crippen molar-refractivity contribution >= 4 is 11.9 Å². The molecule has 1 aromatic rings. The molecule has 0 radical (unpaired) electrons. The number of carboxylic acids is 1. The highest BCUT2D eigenvalue weighted by Gasteiger charge is 2.37. The lowest BCUT2D eigenvalue weighted by Crippen LogP contribution is -2.37. The van der Waals surface area contributed by atoms with Crippen LogP contribution < -0.4 is 9.47 Å². The van der Waals surface area contributed by atoms with Crippen LogP contribution in [0, 0.1) is 0 Å². The summed E-state index contributed by atoms with van der Waals surface area (Å²) >= 11 is 0. The maximum Gasteiger partial charge on any atom is 0.387 e. The van der Waals surface area contributed by atoms with Crippen molar-refractivity contribution in [3.05, 3.63) is 23.8 Å². The molecule has 0 aromatic heterocycles. The van der Waals surface area contributed by atoms with E-state index in [0.717, 1.165) is 0 Å². The molecule has 25 heavy (non-hydrogen) atoms. The van der Waals surface area contributed by atoms with Gasteiger partial charge in [-0.15, -0.1) is 0 Å². The highest BCUT2D eigenvalue weighted by Crippen LogP contribution is 2.31. The molecule has 1 aliphatic rings. The number of nitrogens with zero attached hydrogens (tertiary/aromatic N) is 1. The van der Waals surface area contributed by atoms with Crippen LogP contribution in [0.2, 0.25) is 0 Å². The third-order valence-electron chi connectivity index (χ3n) is 4.01. The Morgan fingerprint density at radius 2 is 2.04 bits per heavy atom. The van der Waals surface area contributed by atoms with Gasteiger partial charge in [-0.05, 0) is 24.6 Å². The van der Waals surface area contributed by atoms with E-state index >= 15 is 0 Å². The molecule has 9 heteroatoms. The predicted molar refractivity (Wildman–Crippen MR) is 82.1 cm³/mol. The van der Waals surface area contributed by atoms with Gasteiger partial charge in [0.25, 0.3) is 5.91 Å². The van der Waals surface area contributed by atoms with E-state index in [-0.39, 0.29) is 36.1 Å². The molecule has 1 heterocycles. The van der Waals surface area contributed by atoms with Gasteiger partial charge in [0.15, 0.2) is 11.5 Å². The Bertz CT molecular complexity index is 639. The zero-order valence-electron chi connectivity index (χ0n) is 13.8. The number of carbonyl (C=O) groups excluding carboxylic acids is 1. The minimum absolute atomic E-state index is 0.0107. The second kappa shape index (κ2) is 8.11. The molecule has 138 valence electrons. The van der Waals surface area contributed by atoms with Crippen molar-refractivity contribution in [1.29, 1.82) is 0 Å². The summed E-state index contributed by atoms with van der Waals surface area (Å²) in [7, 11) is 2.77. The fraction of sp³-hybridized carbons (Fsp3) is 0.500. The van der Waals surface area contributed by atoms with E-state index in [1.165, 1.54) is 37.3 Å². The summed E-state index contributed by atoms with van der Waals surface area (Å²) in [6.45, 7) is -2.76. The predicted octanol–water partition coefficient (Wildman–Crippen LogP) is 2.00. The molecule has 0 saturated carbocycles. The largest absolute Gasteiger partial charge is 0.493 e. The number of carbonyl (C=O) groups is 2. The van der Waals surface area contributed by atoms with E-state index in [1.54, 1.807) is 0 Å². The number of ether oxygens (including phenoxy) is 3. The number of benzene rings is 1. The van der Waals surface area contributed by atoms with E-state index < -0.39 is 24.5 Å². The van der Waals surface area contributed by atoms with Crippen LogP contribution in [0.3, 0.4) is 0 Å². The molecule has 7 nitrogen and oxygen atoms in total. The second-order valence-electron chi connectivity index (χ2n) is 5.55. The SMILES string of the molecule is COc1cc(C(=O)N2CC(OC)CC2CC(=O)O)ccc1OC(F)F. The maximum atomic E-state index is 12.7. The third-order valence-corrected chi connectivity index (χ3v) is 4.01. The molecule has 2 rings (SSSR count). The number of hydrogen-bond donors (Lipinski definition) is 1. The number of methoxy groups -OCH3 is 2. The van der Waals surface area contributed by atoms with Crippen molar-refractivity contribution in [3.63, 3.8) is 0 Å². The average Bonchev–Trinajstić information content (AvgIpc) is 2.96. The summed E-state index contributed by atoms with van der Waals surface area (Å²) in [6, 6.07) is 3.34. The first-order chi connectivity index (χ1) is 11.8. The molecule has 0 bridgehead atoms. The van der Waals surface area contributed by atoms with Crippen LogP contribution in [0.15, 0.2) is 18.2 Å². The first kappa shape index (κ1) is 18.9. The molecule has 2 atom stereocenters. The molecule has 0 aliphatic carbocycles. The van der Waals surface area contributed by atoms with Crippen molar-refractivity contribution in [3.8, 4) is 11.5 Å². The van der Waals surface area contributed by atoms with Gasteiger partial charge in [0.1, 0.15) is 0 Å². The van der Waals surface area contributed by atoms with Gasteiger partial charge in [-0.2, -0.15) is 8.78 Å². The lowest BCUT2D eigenvalue weighted by molar-refractivity contribution is -0.138. The Kier molecular flexibility index (Phi) is 6.13. The van der Waals surface area contributed by atoms with Crippen molar-refractivity contribution in [1.82, 2.24) is 4.90 Å². The normalized spacial score (nSPS) is 20.0. The van der Waals surface area contributed by atoms with Gasteiger partial charge < -0.3 is 24.2 Å². The fourth-order valence-corrected chi connectivity index (χ4v) is 2.85. The number of hydrogen-bond acceptors (Lipinski definition) is 5. The zero-order valence-corrected chi connectivity index (χ0v) is 13.8. The van der Waals surface area contributed by atoms with Crippen LogP contribution in [0.4, 0.5) is 8.78 Å². The van der Waals surface area contributed by atoms with Gasteiger partial charge in [0.2, 0.25) is 0 Å². The third kappa shape index (κ3) is 4.56. The first-order valence-electron chi connectivity index (χ1n) is 7.54. The van der Waals surface area contributed by atoms with Crippen molar-refractivity contribution in [2.45, 2.75) is 31.6 Å². The van der Waals surface area contributed by atoms with Gasteiger partial charge in [0.05, 0.1) is 19.6 Å².